The van der Waals surface area contributed by atoms with Gasteiger partial charge in [-0.15, -0.1) is 0 Å². The summed E-state index contributed by atoms with van der Waals surface area (Å²) in [6.45, 7) is 0.572. The molecule has 0 unspecified atom stereocenters. The number of rotatable bonds is 6. The van der Waals surface area contributed by atoms with Crippen molar-refractivity contribution >= 4 is 28.4 Å². The summed E-state index contributed by atoms with van der Waals surface area (Å²) in [5.41, 5.74) is 3.77. The third-order valence-electron chi connectivity index (χ3n) is 4.42. The number of H-pyrrole nitrogens is 1. The highest BCUT2D eigenvalue weighted by Gasteiger charge is 2.11. The molecule has 0 aliphatic heterocycles. The number of nitrogens with zero attached hydrogens (tertiary/aromatic N) is 1. The number of aromatic amines is 1. The minimum atomic E-state index is -0.0780. The number of para-hydroxylation sites is 1. The lowest BCUT2D eigenvalue weighted by molar-refractivity contribution is -0.120. The summed E-state index contributed by atoms with van der Waals surface area (Å²) in [5.74, 6) is 0.541. The van der Waals surface area contributed by atoms with E-state index in [1.165, 1.54) is 10.9 Å². The molecule has 2 aromatic heterocycles. The molecule has 0 radical (unpaired) electrons. The molecule has 1 amide bonds. The molecular weight excluding hydrogens is 362 g/mol. The zero-order valence-corrected chi connectivity index (χ0v) is 15.3. The quantitative estimate of drug-likeness (QED) is 0.522. The van der Waals surface area contributed by atoms with E-state index in [4.69, 9.17) is 16.1 Å². The molecule has 0 aliphatic carbocycles. The van der Waals surface area contributed by atoms with Crippen LogP contribution in [0, 0.1) is 0 Å². The summed E-state index contributed by atoms with van der Waals surface area (Å²) in [5, 5.41) is 8.77. The molecule has 4 rings (SSSR count). The molecule has 5 nitrogen and oxygen atoms in total. The van der Waals surface area contributed by atoms with Crippen LogP contribution in [0.2, 0.25) is 5.02 Å². The minimum absolute atomic E-state index is 0.0780. The Labute approximate surface area is 161 Å². The Morgan fingerprint density at radius 3 is 2.81 bits per heavy atom. The largest absolute Gasteiger partial charge is 0.361 e. The molecule has 2 heterocycles. The van der Waals surface area contributed by atoms with E-state index in [0.717, 1.165) is 17.5 Å². The van der Waals surface area contributed by atoms with E-state index in [2.05, 4.69) is 21.5 Å². The molecule has 0 saturated heterocycles. The SMILES string of the molecule is O=C(Cc1cc(-c2ccc(Cl)cc2)on1)NCCc1c[nH]c2ccccc12. The van der Waals surface area contributed by atoms with Crippen LogP contribution in [0.3, 0.4) is 0 Å². The molecule has 0 saturated carbocycles. The van der Waals surface area contributed by atoms with E-state index >= 15 is 0 Å². The standard InChI is InChI=1S/C21H18ClN3O2/c22-16-7-5-14(6-8-16)20-11-17(25-27-20)12-21(26)23-10-9-15-13-24-19-4-2-1-3-18(15)19/h1-8,11,13,24H,9-10,12H2,(H,23,26). The number of carbonyl (C=O) groups is 1. The molecule has 0 aliphatic rings. The lowest BCUT2D eigenvalue weighted by atomic mass is 10.1. The molecule has 6 heteroatoms. The van der Waals surface area contributed by atoms with Gasteiger partial charge in [-0.3, -0.25) is 4.79 Å². The van der Waals surface area contributed by atoms with Gasteiger partial charge in [-0.25, -0.2) is 0 Å². The Kier molecular flexibility index (Phi) is 4.94. The van der Waals surface area contributed by atoms with Crippen LogP contribution in [0.25, 0.3) is 22.2 Å². The zero-order chi connectivity index (χ0) is 18.6. The molecule has 4 aromatic rings. The number of fused-ring (bicyclic) bond motifs is 1. The van der Waals surface area contributed by atoms with Gasteiger partial charge in [0.2, 0.25) is 5.91 Å². The topological polar surface area (TPSA) is 70.9 Å². The molecule has 0 atom stereocenters. The fraction of sp³-hybridized carbons (Fsp3) is 0.143. The van der Waals surface area contributed by atoms with Crippen LogP contribution in [0.1, 0.15) is 11.3 Å². The molecule has 2 N–H and O–H groups in total. The number of halogens is 1. The summed E-state index contributed by atoms with van der Waals surface area (Å²) < 4.78 is 5.33. The molecule has 27 heavy (non-hydrogen) atoms. The summed E-state index contributed by atoms with van der Waals surface area (Å²) in [6, 6.07) is 17.2. The van der Waals surface area contributed by atoms with Crippen LogP contribution in [0.4, 0.5) is 0 Å². The maximum Gasteiger partial charge on any atom is 0.226 e. The van der Waals surface area contributed by atoms with Crippen LogP contribution in [0.15, 0.2) is 65.3 Å². The summed E-state index contributed by atoms with van der Waals surface area (Å²) >= 11 is 5.89. The number of carbonyl (C=O) groups excluding carboxylic acids is 1. The van der Waals surface area contributed by atoms with E-state index in [1.54, 1.807) is 18.2 Å². The van der Waals surface area contributed by atoms with Gasteiger partial charge in [-0.05, 0) is 42.3 Å². The van der Waals surface area contributed by atoms with Gasteiger partial charge in [-0.2, -0.15) is 0 Å². The second-order valence-corrected chi connectivity index (χ2v) is 6.76. The number of hydrogen-bond donors (Lipinski definition) is 2. The lowest BCUT2D eigenvalue weighted by Crippen LogP contribution is -2.27. The molecule has 0 spiro atoms. The second kappa shape index (κ2) is 7.68. The van der Waals surface area contributed by atoms with Crippen molar-refractivity contribution in [2.24, 2.45) is 0 Å². The van der Waals surface area contributed by atoms with Gasteiger partial charge in [0.25, 0.3) is 0 Å². The van der Waals surface area contributed by atoms with E-state index in [-0.39, 0.29) is 12.3 Å². The minimum Gasteiger partial charge on any atom is -0.361 e. The summed E-state index contributed by atoms with van der Waals surface area (Å²) in [7, 11) is 0. The van der Waals surface area contributed by atoms with Crippen molar-refractivity contribution < 1.29 is 9.32 Å². The molecule has 0 bridgehead atoms. The van der Waals surface area contributed by atoms with Gasteiger partial charge >= 0.3 is 0 Å². The predicted octanol–water partition coefficient (Wildman–Crippen LogP) is 4.38. The van der Waals surface area contributed by atoms with Crippen LogP contribution in [0.5, 0.6) is 0 Å². The first-order valence-electron chi connectivity index (χ1n) is 8.72. The van der Waals surface area contributed by atoms with Crippen molar-refractivity contribution in [3.63, 3.8) is 0 Å². The van der Waals surface area contributed by atoms with Crippen LogP contribution in [-0.2, 0) is 17.6 Å². The molecule has 0 fully saturated rings. The molecule has 2 aromatic carbocycles. The predicted molar refractivity (Wildman–Crippen MR) is 106 cm³/mol. The van der Waals surface area contributed by atoms with Crippen molar-refractivity contribution in [3.05, 3.63) is 77.1 Å². The molecular formula is C21H18ClN3O2. The van der Waals surface area contributed by atoms with Gasteiger partial charge in [0, 0.05) is 40.3 Å². The highest BCUT2D eigenvalue weighted by molar-refractivity contribution is 6.30. The number of hydrogen-bond acceptors (Lipinski definition) is 3. The van der Waals surface area contributed by atoms with Crippen molar-refractivity contribution in [1.82, 2.24) is 15.5 Å². The van der Waals surface area contributed by atoms with Crippen molar-refractivity contribution in [3.8, 4) is 11.3 Å². The lowest BCUT2D eigenvalue weighted by Gasteiger charge is -2.03. The van der Waals surface area contributed by atoms with Crippen LogP contribution >= 0.6 is 11.6 Å². The van der Waals surface area contributed by atoms with Crippen molar-refractivity contribution in [1.29, 1.82) is 0 Å². The Morgan fingerprint density at radius 2 is 1.96 bits per heavy atom. The van der Waals surface area contributed by atoms with E-state index in [9.17, 15) is 4.79 Å². The normalized spacial score (nSPS) is 11.0. The van der Waals surface area contributed by atoms with Crippen LogP contribution in [-0.4, -0.2) is 22.6 Å². The monoisotopic (exact) mass is 379 g/mol. The first kappa shape index (κ1) is 17.4. The second-order valence-electron chi connectivity index (χ2n) is 6.33. The Bertz CT molecular complexity index is 1070. The first-order valence-corrected chi connectivity index (χ1v) is 9.10. The maximum absolute atomic E-state index is 12.2. The Hall–Kier alpha value is -3.05. The Morgan fingerprint density at radius 1 is 1.15 bits per heavy atom. The molecule has 136 valence electrons. The average molecular weight is 380 g/mol. The number of nitrogens with one attached hydrogen (secondary N) is 2. The van der Waals surface area contributed by atoms with Crippen molar-refractivity contribution in [2.45, 2.75) is 12.8 Å². The van der Waals surface area contributed by atoms with Gasteiger partial charge in [-0.1, -0.05) is 35.0 Å². The van der Waals surface area contributed by atoms with E-state index in [1.807, 2.05) is 36.5 Å². The Balaban J connectivity index is 1.31. The van der Waals surface area contributed by atoms with Gasteiger partial charge in [0.1, 0.15) is 0 Å². The van der Waals surface area contributed by atoms with Gasteiger partial charge in [0.05, 0.1) is 12.1 Å². The zero-order valence-electron chi connectivity index (χ0n) is 14.5. The third kappa shape index (κ3) is 4.04. The highest BCUT2D eigenvalue weighted by Crippen LogP contribution is 2.22. The van der Waals surface area contributed by atoms with E-state index < -0.39 is 0 Å². The summed E-state index contributed by atoms with van der Waals surface area (Å²) in [6.07, 6.45) is 2.95. The first-order chi connectivity index (χ1) is 13.2. The number of aromatic nitrogens is 2. The summed E-state index contributed by atoms with van der Waals surface area (Å²) in [4.78, 5) is 15.4. The van der Waals surface area contributed by atoms with Crippen LogP contribution < -0.4 is 5.32 Å². The van der Waals surface area contributed by atoms with E-state index in [0.29, 0.717) is 23.0 Å². The number of amides is 1. The maximum atomic E-state index is 12.2. The van der Waals surface area contributed by atoms with Gasteiger partial charge in [0.15, 0.2) is 5.76 Å². The number of benzene rings is 2. The third-order valence-corrected chi connectivity index (χ3v) is 4.67. The smallest absolute Gasteiger partial charge is 0.226 e. The average Bonchev–Trinajstić information content (AvgIpc) is 3.30. The fourth-order valence-corrected chi connectivity index (χ4v) is 3.17. The van der Waals surface area contributed by atoms with Gasteiger partial charge < -0.3 is 14.8 Å². The van der Waals surface area contributed by atoms with Crippen molar-refractivity contribution in [2.75, 3.05) is 6.54 Å². The fourth-order valence-electron chi connectivity index (χ4n) is 3.05. The highest BCUT2D eigenvalue weighted by atomic mass is 35.5.